The number of rotatable bonds is 4. The molecule has 2 atom stereocenters. The summed E-state index contributed by atoms with van der Waals surface area (Å²) in [5.41, 5.74) is 2.32. The average Bonchev–Trinajstić information content (AvgIpc) is 2.99. The van der Waals surface area contributed by atoms with E-state index in [9.17, 15) is 9.18 Å². The van der Waals surface area contributed by atoms with Gasteiger partial charge < -0.3 is 9.64 Å². The first-order valence-corrected chi connectivity index (χ1v) is 10.4. The molecule has 0 spiro atoms. The molecule has 1 amide bonds. The van der Waals surface area contributed by atoms with Crippen molar-refractivity contribution in [1.29, 1.82) is 0 Å². The zero-order chi connectivity index (χ0) is 21.4. The van der Waals surface area contributed by atoms with Crippen LogP contribution in [0.1, 0.15) is 30.1 Å². The Kier molecular flexibility index (Phi) is 5.75. The number of amides is 1. The minimum absolute atomic E-state index is 0.0406. The number of halogens is 2. The van der Waals surface area contributed by atoms with Gasteiger partial charge in [-0.2, -0.15) is 5.10 Å². The quantitative estimate of drug-likeness (QED) is 0.625. The minimum Gasteiger partial charge on any atom is -0.368 e. The van der Waals surface area contributed by atoms with Crippen molar-refractivity contribution in [2.24, 2.45) is 5.92 Å². The lowest BCUT2D eigenvalue weighted by Gasteiger charge is -2.34. The third kappa shape index (κ3) is 4.04. The second kappa shape index (κ2) is 8.32. The van der Waals surface area contributed by atoms with Crippen LogP contribution in [0.25, 0.3) is 10.8 Å². The first kappa shape index (κ1) is 20.8. The molecule has 3 heterocycles. The molecule has 0 saturated carbocycles. The van der Waals surface area contributed by atoms with Gasteiger partial charge in [-0.25, -0.2) is 4.39 Å². The first-order valence-electron chi connectivity index (χ1n) is 9.98. The van der Waals surface area contributed by atoms with Gasteiger partial charge in [0.1, 0.15) is 11.9 Å². The molecule has 0 unspecified atom stereocenters. The number of nitrogens with zero attached hydrogens (tertiary/aromatic N) is 4. The normalized spacial score (nSPS) is 18.0. The maximum atomic E-state index is 13.6. The number of carbonyl (C=O) groups excluding carboxylic acids is 1. The molecule has 1 aliphatic rings. The van der Waals surface area contributed by atoms with Crippen molar-refractivity contribution >= 4 is 28.3 Å². The predicted octanol–water partition coefficient (Wildman–Crippen LogP) is 4.08. The number of fused-ring (bicyclic) bond motifs is 1. The maximum Gasteiger partial charge on any atom is 0.227 e. The summed E-state index contributed by atoms with van der Waals surface area (Å²) in [6.45, 7) is 7.49. The van der Waals surface area contributed by atoms with Crippen LogP contribution in [0.4, 0.5) is 4.39 Å². The molecule has 0 bridgehead atoms. The maximum absolute atomic E-state index is 13.6. The van der Waals surface area contributed by atoms with Gasteiger partial charge in [0, 0.05) is 18.1 Å². The summed E-state index contributed by atoms with van der Waals surface area (Å²) < 4.78 is 21.2. The first-order chi connectivity index (χ1) is 14.3. The Bertz CT molecular complexity index is 1100. The Hall–Kier alpha value is -2.51. The van der Waals surface area contributed by atoms with E-state index in [-0.39, 0.29) is 23.7 Å². The Morgan fingerprint density at radius 1 is 1.33 bits per heavy atom. The zero-order valence-corrected chi connectivity index (χ0v) is 18.0. The van der Waals surface area contributed by atoms with E-state index in [1.54, 1.807) is 16.9 Å². The lowest BCUT2D eigenvalue weighted by Crippen LogP contribution is -2.45. The second-order valence-corrected chi connectivity index (χ2v) is 8.19. The van der Waals surface area contributed by atoms with E-state index in [2.05, 4.69) is 10.1 Å². The van der Waals surface area contributed by atoms with Crippen LogP contribution in [-0.2, 0) is 16.1 Å². The highest BCUT2D eigenvalue weighted by atomic mass is 35.5. The Balaban J connectivity index is 1.47. The SMILES string of the molecule is Cc1nn(C[C@@H](C)C(=O)N2CCO[C@H](c3cc4cc(F)ccc4cn3)C2)c(C)c1Cl. The molecule has 6 nitrogen and oxygen atoms in total. The fourth-order valence-electron chi connectivity index (χ4n) is 3.84. The highest BCUT2D eigenvalue weighted by Gasteiger charge is 2.29. The summed E-state index contributed by atoms with van der Waals surface area (Å²) >= 11 is 6.22. The topological polar surface area (TPSA) is 60.2 Å². The highest BCUT2D eigenvalue weighted by molar-refractivity contribution is 6.31. The van der Waals surface area contributed by atoms with Crippen LogP contribution in [0.5, 0.6) is 0 Å². The number of hydrogen-bond donors (Lipinski definition) is 0. The lowest BCUT2D eigenvalue weighted by molar-refractivity contribution is -0.143. The molecule has 0 aliphatic carbocycles. The second-order valence-electron chi connectivity index (χ2n) is 7.81. The van der Waals surface area contributed by atoms with Gasteiger partial charge in [0.15, 0.2) is 0 Å². The van der Waals surface area contributed by atoms with Crippen LogP contribution in [-0.4, -0.2) is 45.3 Å². The van der Waals surface area contributed by atoms with Crippen LogP contribution in [0, 0.1) is 25.6 Å². The number of benzene rings is 1. The van der Waals surface area contributed by atoms with E-state index in [1.165, 1.54) is 12.1 Å². The van der Waals surface area contributed by atoms with Gasteiger partial charge in [0.2, 0.25) is 5.91 Å². The van der Waals surface area contributed by atoms with Crippen LogP contribution in [0.2, 0.25) is 5.02 Å². The molecule has 4 rings (SSSR count). The molecule has 1 saturated heterocycles. The fraction of sp³-hybridized carbons (Fsp3) is 0.409. The van der Waals surface area contributed by atoms with Gasteiger partial charge in [0.05, 0.1) is 47.7 Å². The van der Waals surface area contributed by atoms with Gasteiger partial charge in [-0.3, -0.25) is 14.5 Å². The number of pyridine rings is 1. The van der Waals surface area contributed by atoms with Crippen molar-refractivity contribution in [3.05, 3.63) is 58.4 Å². The van der Waals surface area contributed by atoms with E-state index >= 15 is 0 Å². The van der Waals surface area contributed by atoms with Crippen molar-refractivity contribution in [3.63, 3.8) is 0 Å². The number of morpholine rings is 1. The number of hydrogen-bond acceptors (Lipinski definition) is 4. The molecular formula is C22H24ClFN4O2. The van der Waals surface area contributed by atoms with E-state index in [0.29, 0.717) is 37.0 Å². The Labute approximate surface area is 179 Å². The molecule has 0 N–H and O–H groups in total. The van der Waals surface area contributed by atoms with E-state index < -0.39 is 0 Å². The average molecular weight is 431 g/mol. The fourth-order valence-corrected chi connectivity index (χ4v) is 3.97. The largest absolute Gasteiger partial charge is 0.368 e. The van der Waals surface area contributed by atoms with Gasteiger partial charge in [-0.05, 0) is 43.5 Å². The van der Waals surface area contributed by atoms with Crippen molar-refractivity contribution in [1.82, 2.24) is 19.7 Å². The molecule has 2 aromatic heterocycles. The van der Waals surface area contributed by atoms with Crippen LogP contribution >= 0.6 is 11.6 Å². The smallest absolute Gasteiger partial charge is 0.227 e. The number of carbonyl (C=O) groups is 1. The minimum atomic E-state index is -0.342. The molecule has 1 aromatic carbocycles. The zero-order valence-electron chi connectivity index (χ0n) is 17.2. The molecule has 1 fully saturated rings. The lowest BCUT2D eigenvalue weighted by atomic mass is 10.1. The van der Waals surface area contributed by atoms with Crippen LogP contribution in [0.15, 0.2) is 30.5 Å². The van der Waals surface area contributed by atoms with Crippen molar-refractivity contribution in [2.45, 2.75) is 33.4 Å². The van der Waals surface area contributed by atoms with Crippen molar-refractivity contribution in [2.75, 3.05) is 19.7 Å². The molecule has 0 radical (unpaired) electrons. The Morgan fingerprint density at radius 2 is 2.13 bits per heavy atom. The molecule has 3 aromatic rings. The molecule has 8 heteroatoms. The molecule has 1 aliphatic heterocycles. The molecular weight excluding hydrogens is 407 g/mol. The van der Waals surface area contributed by atoms with Crippen LogP contribution in [0.3, 0.4) is 0 Å². The third-order valence-electron chi connectivity index (χ3n) is 5.57. The van der Waals surface area contributed by atoms with Gasteiger partial charge in [-0.1, -0.05) is 18.5 Å². The monoisotopic (exact) mass is 430 g/mol. The van der Waals surface area contributed by atoms with Crippen LogP contribution < -0.4 is 0 Å². The molecule has 158 valence electrons. The number of aryl methyl sites for hydroxylation is 1. The Morgan fingerprint density at radius 3 is 2.87 bits per heavy atom. The van der Waals surface area contributed by atoms with E-state index in [4.69, 9.17) is 16.3 Å². The molecule has 30 heavy (non-hydrogen) atoms. The van der Waals surface area contributed by atoms with E-state index in [1.807, 2.05) is 31.7 Å². The summed E-state index contributed by atoms with van der Waals surface area (Å²) in [5.74, 6) is -0.505. The predicted molar refractivity (Wildman–Crippen MR) is 113 cm³/mol. The highest BCUT2D eigenvalue weighted by Crippen LogP contribution is 2.26. The van der Waals surface area contributed by atoms with Gasteiger partial charge >= 0.3 is 0 Å². The summed E-state index contributed by atoms with van der Waals surface area (Å²) in [4.78, 5) is 19.4. The van der Waals surface area contributed by atoms with Gasteiger partial charge in [-0.15, -0.1) is 0 Å². The number of ether oxygens (including phenoxy) is 1. The van der Waals surface area contributed by atoms with Crippen molar-refractivity contribution in [3.8, 4) is 0 Å². The standard InChI is InChI=1S/C22H24ClFN4O2/c1-13(11-28-15(3)21(23)14(2)26-28)22(29)27-6-7-30-20(12-27)19-9-17-8-18(24)5-4-16(17)10-25-19/h4-5,8-10,13,20H,6-7,11-12H2,1-3H3/t13-,20+/m1/s1. The van der Waals surface area contributed by atoms with Gasteiger partial charge in [0.25, 0.3) is 0 Å². The third-order valence-corrected chi connectivity index (χ3v) is 6.12. The summed E-state index contributed by atoms with van der Waals surface area (Å²) in [7, 11) is 0. The van der Waals surface area contributed by atoms with Crippen molar-refractivity contribution < 1.29 is 13.9 Å². The summed E-state index contributed by atoms with van der Waals surface area (Å²) in [6, 6.07) is 6.43. The number of aromatic nitrogens is 3. The summed E-state index contributed by atoms with van der Waals surface area (Å²) in [6.07, 6.45) is 1.37. The summed E-state index contributed by atoms with van der Waals surface area (Å²) in [5, 5.41) is 6.69. The van der Waals surface area contributed by atoms with E-state index in [0.717, 1.165) is 22.2 Å².